The average Bonchev–Trinajstić information content (AvgIpc) is 2.15. The topological polar surface area (TPSA) is 38.0 Å². The quantitative estimate of drug-likeness (QED) is 0.726. The zero-order valence-corrected chi connectivity index (χ0v) is 9.97. The molecular formula is C12H26N2. The van der Waals surface area contributed by atoms with E-state index < -0.39 is 0 Å². The second kappa shape index (κ2) is 5.13. The number of nitrogens with one attached hydrogen (secondary N) is 1. The van der Waals surface area contributed by atoms with Crippen molar-refractivity contribution in [1.29, 1.82) is 0 Å². The van der Waals surface area contributed by atoms with Crippen molar-refractivity contribution in [3.63, 3.8) is 0 Å². The van der Waals surface area contributed by atoms with Crippen LogP contribution in [-0.2, 0) is 0 Å². The third-order valence-electron chi connectivity index (χ3n) is 3.80. The summed E-state index contributed by atoms with van der Waals surface area (Å²) in [5.74, 6) is 0.838. The molecule has 84 valence electrons. The predicted octanol–water partition coefficient (Wildman–Crippen LogP) is 2.14. The number of hydrogen-bond donors (Lipinski definition) is 2. The van der Waals surface area contributed by atoms with Gasteiger partial charge >= 0.3 is 0 Å². The molecule has 14 heavy (non-hydrogen) atoms. The largest absolute Gasteiger partial charge is 0.329 e. The van der Waals surface area contributed by atoms with Gasteiger partial charge in [0.15, 0.2) is 0 Å². The molecule has 0 spiro atoms. The Balaban J connectivity index is 2.34. The van der Waals surface area contributed by atoms with Crippen molar-refractivity contribution in [2.24, 2.45) is 17.1 Å². The SMILES string of the molecule is C[C@@H](CN)NCC1CCCCC1(C)C. The summed E-state index contributed by atoms with van der Waals surface area (Å²) in [5.41, 5.74) is 6.12. The van der Waals surface area contributed by atoms with E-state index in [1.165, 1.54) is 25.7 Å². The van der Waals surface area contributed by atoms with Gasteiger partial charge in [0.1, 0.15) is 0 Å². The second-order valence-corrected chi connectivity index (χ2v) is 5.48. The molecule has 2 atom stereocenters. The summed E-state index contributed by atoms with van der Waals surface area (Å²) in [6.45, 7) is 8.87. The van der Waals surface area contributed by atoms with E-state index in [0.29, 0.717) is 11.5 Å². The molecule has 0 bridgehead atoms. The van der Waals surface area contributed by atoms with E-state index in [0.717, 1.165) is 19.0 Å². The molecule has 2 nitrogen and oxygen atoms in total. The van der Waals surface area contributed by atoms with Gasteiger partial charge in [0.25, 0.3) is 0 Å². The fourth-order valence-corrected chi connectivity index (χ4v) is 2.37. The zero-order valence-electron chi connectivity index (χ0n) is 9.97. The summed E-state index contributed by atoms with van der Waals surface area (Å²) in [7, 11) is 0. The summed E-state index contributed by atoms with van der Waals surface area (Å²) < 4.78 is 0. The second-order valence-electron chi connectivity index (χ2n) is 5.48. The minimum Gasteiger partial charge on any atom is -0.329 e. The lowest BCUT2D eigenvalue weighted by atomic mass is 9.69. The van der Waals surface area contributed by atoms with Gasteiger partial charge in [-0.2, -0.15) is 0 Å². The Labute approximate surface area is 88.6 Å². The molecule has 1 fully saturated rings. The van der Waals surface area contributed by atoms with Crippen LogP contribution in [0.5, 0.6) is 0 Å². The van der Waals surface area contributed by atoms with Crippen molar-refractivity contribution < 1.29 is 0 Å². The lowest BCUT2D eigenvalue weighted by molar-refractivity contribution is 0.133. The maximum absolute atomic E-state index is 5.59. The van der Waals surface area contributed by atoms with E-state index in [1.54, 1.807) is 0 Å². The summed E-state index contributed by atoms with van der Waals surface area (Å²) in [5, 5.41) is 3.53. The highest BCUT2D eigenvalue weighted by atomic mass is 14.9. The van der Waals surface area contributed by atoms with Crippen LogP contribution in [-0.4, -0.2) is 19.1 Å². The summed E-state index contributed by atoms with van der Waals surface area (Å²) in [6, 6.07) is 0.465. The van der Waals surface area contributed by atoms with Crippen LogP contribution < -0.4 is 11.1 Å². The van der Waals surface area contributed by atoms with E-state index in [-0.39, 0.29) is 0 Å². The first-order valence-corrected chi connectivity index (χ1v) is 5.99. The number of hydrogen-bond acceptors (Lipinski definition) is 2. The Morgan fingerprint density at radius 3 is 2.71 bits per heavy atom. The average molecular weight is 198 g/mol. The molecule has 0 heterocycles. The molecule has 0 saturated heterocycles. The van der Waals surface area contributed by atoms with Gasteiger partial charge in [-0.3, -0.25) is 0 Å². The van der Waals surface area contributed by atoms with Gasteiger partial charge in [0.2, 0.25) is 0 Å². The minimum absolute atomic E-state index is 0.465. The number of nitrogens with two attached hydrogens (primary N) is 1. The van der Waals surface area contributed by atoms with E-state index in [1.807, 2.05) is 0 Å². The van der Waals surface area contributed by atoms with Crippen LogP contribution in [0.2, 0.25) is 0 Å². The van der Waals surface area contributed by atoms with Crippen molar-refractivity contribution in [1.82, 2.24) is 5.32 Å². The highest BCUT2D eigenvalue weighted by molar-refractivity contribution is 4.84. The van der Waals surface area contributed by atoms with Crippen molar-refractivity contribution in [3.05, 3.63) is 0 Å². The monoisotopic (exact) mass is 198 g/mol. The molecular weight excluding hydrogens is 172 g/mol. The molecule has 0 amide bonds. The van der Waals surface area contributed by atoms with Crippen LogP contribution in [0, 0.1) is 11.3 Å². The maximum atomic E-state index is 5.59. The van der Waals surface area contributed by atoms with Gasteiger partial charge in [-0.05, 0) is 37.6 Å². The van der Waals surface area contributed by atoms with Crippen LogP contribution in [0.4, 0.5) is 0 Å². The molecule has 0 aliphatic heterocycles. The van der Waals surface area contributed by atoms with Crippen molar-refractivity contribution in [3.8, 4) is 0 Å². The fraction of sp³-hybridized carbons (Fsp3) is 1.00. The van der Waals surface area contributed by atoms with E-state index in [2.05, 4.69) is 26.1 Å². The van der Waals surface area contributed by atoms with Crippen molar-refractivity contribution >= 4 is 0 Å². The van der Waals surface area contributed by atoms with Crippen LogP contribution in [0.3, 0.4) is 0 Å². The van der Waals surface area contributed by atoms with Gasteiger partial charge in [0, 0.05) is 12.6 Å². The molecule has 0 radical (unpaired) electrons. The predicted molar refractivity (Wildman–Crippen MR) is 62.3 cm³/mol. The normalized spacial score (nSPS) is 28.7. The maximum Gasteiger partial charge on any atom is 0.0162 e. The molecule has 3 N–H and O–H groups in total. The van der Waals surface area contributed by atoms with Crippen LogP contribution in [0.25, 0.3) is 0 Å². The third-order valence-corrected chi connectivity index (χ3v) is 3.80. The lowest BCUT2D eigenvalue weighted by Crippen LogP contribution is -2.41. The van der Waals surface area contributed by atoms with E-state index in [4.69, 9.17) is 5.73 Å². The first-order valence-electron chi connectivity index (χ1n) is 5.99. The van der Waals surface area contributed by atoms with Gasteiger partial charge < -0.3 is 11.1 Å². The zero-order chi connectivity index (χ0) is 10.6. The molecule has 0 aromatic rings. The minimum atomic E-state index is 0.465. The molecule has 0 aromatic heterocycles. The smallest absolute Gasteiger partial charge is 0.0162 e. The first-order chi connectivity index (χ1) is 6.56. The Kier molecular flexibility index (Phi) is 4.39. The molecule has 1 aliphatic rings. The molecule has 1 rings (SSSR count). The summed E-state index contributed by atoms with van der Waals surface area (Å²) in [6.07, 6.45) is 5.59. The van der Waals surface area contributed by atoms with Crippen molar-refractivity contribution in [2.75, 3.05) is 13.1 Å². The van der Waals surface area contributed by atoms with Gasteiger partial charge in [0.05, 0.1) is 0 Å². The molecule has 0 aromatic carbocycles. The van der Waals surface area contributed by atoms with Gasteiger partial charge in [-0.1, -0.05) is 26.7 Å². The highest BCUT2D eigenvalue weighted by Crippen LogP contribution is 2.39. The Hall–Kier alpha value is -0.0800. The molecule has 2 heteroatoms. The first kappa shape index (κ1) is 12.0. The van der Waals surface area contributed by atoms with E-state index >= 15 is 0 Å². The van der Waals surface area contributed by atoms with Crippen LogP contribution in [0.15, 0.2) is 0 Å². The van der Waals surface area contributed by atoms with Crippen molar-refractivity contribution in [2.45, 2.75) is 52.5 Å². The molecule has 1 aliphatic carbocycles. The fourth-order valence-electron chi connectivity index (χ4n) is 2.37. The highest BCUT2D eigenvalue weighted by Gasteiger charge is 2.31. The number of rotatable bonds is 4. The molecule has 1 unspecified atom stereocenters. The van der Waals surface area contributed by atoms with Gasteiger partial charge in [-0.25, -0.2) is 0 Å². The standard InChI is InChI=1S/C12H26N2/c1-10(8-13)14-9-11-6-4-5-7-12(11,2)3/h10-11,14H,4-9,13H2,1-3H3/t10-,11?/m0/s1. The Morgan fingerprint density at radius 1 is 1.43 bits per heavy atom. The Morgan fingerprint density at radius 2 is 2.14 bits per heavy atom. The summed E-state index contributed by atoms with van der Waals surface area (Å²) in [4.78, 5) is 0. The Bertz CT molecular complexity index is 166. The van der Waals surface area contributed by atoms with Crippen LogP contribution >= 0.6 is 0 Å². The lowest BCUT2D eigenvalue weighted by Gasteiger charge is -2.39. The third kappa shape index (κ3) is 3.25. The van der Waals surface area contributed by atoms with E-state index in [9.17, 15) is 0 Å². The molecule has 1 saturated carbocycles. The van der Waals surface area contributed by atoms with Gasteiger partial charge in [-0.15, -0.1) is 0 Å². The van der Waals surface area contributed by atoms with Crippen LogP contribution in [0.1, 0.15) is 46.5 Å². The summed E-state index contributed by atoms with van der Waals surface area (Å²) >= 11 is 0.